The van der Waals surface area contributed by atoms with Gasteiger partial charge in [-0.1, -0.05) is 12.8 Å². The lowest BCUT2D eigenvalue weighted by Gasteiger charge is -2.29. The first-order valence-electron chi connectivity index (χ1n) is 9.27. The van der Waals surface area contributed by atoms with Gasteiger partial charge in [0.05, 0.1) is 36.4 Å². The molecule has 4 rings (SSSR count). The number of ether oxygens (including phenoxy) is 1. The smallest absolute Gasteiger partial charge is 0.307 e. The van der Waals surface area contributed by atoms with Crippen LogP contribution in [0.1, 0.15) is 25.7 Å². The third-order valence-electron chi connectivity index (χ3n) is 5.42. The lowest BCUT2D eigenvalue weighted by Crippen LogP contribution is -2.36. The summed E-state index contributed by atoms with van der Waals surface area (Å²) in [6.45, 7) is 2.78. The molecule has 0 radical (unpaired) electrons. The van der Waals surface area contributed by atoms with Crippen molar-refractivity contribution in [1.82, 2.24) is 10.3 Å². The van der Waals surface area contributed by atoms with Gasteiger partial charge in [0.1, 0.15) is 0 Å². The van der Waals surface area contributed by atoms with Crippen LogP contribution in [-0.2, 0) is 14.3 Å². The Morgan fingerprint density at radius 1 is 1.07 bits per heavy atom. The Balaban J connectivity index is 1.58. The number of carbonyl (C=O) groups excluding carboxylic acids is 1. The third-order valence-corrected chi connectivity index (χ3v) is 5.42. The molecule has 1 amide bonds. The van der Waals surface area contributed by atoms with Gasteiger partial charge in [0.2, 0.25) is 5.91 Å². The predicted octanol–water partition coefficient (Wildman–Crippen LogP) is 1.89. The van der Waals surface area contributed by atoms with Crippen molar-refractivity contribution < 1.29 is 24.1 Å². The van der Waals surface area contributed by atoms with Crippen LogP contribution in [0.4, 0.5) is 11.4 Å². The third kappa shape index (κ3) is 3.46. The van der Waals surface area contributed by atoms with Crippen LogP contribution in [-0.4, -0.2) is 53.6 Å². The Bertz CT molecular complexity index is 845. The fraction of sp³-hybridized carbons (Fsp3) is 0.556. The number of carboxylic acid groups (broad SMARTS) is 1. The van der Waals surface area contributed by atoms with Crippen molar-refractivity contribution in [3.05, 3.63) is 12.1 Å². The topological polar surface area (TPSA) is 118 Å². The standard InChI is InChI=1S/C18H22N4O5/c23-17(11-3-1-2-4-12(11)18(24)25)19-13-5-6-14(16-15(13)20-27-21-16)22-7-9-26-10-8-22/h5-6,11-12H,1-4,7-10H2,(H,19,23)(H,24,25). The normalized spacial score (nSPS) is 23.3. The number of carbonyl (C=O) groups is 2. The molecule has 144 valence electrons. The lowest BCUT2D eigenvalue weighted by atomic mass is 9.78. The van der Waals surface area contributed by atoms with Gasteiger partial charge in [-0.05, 0) is 35.3 Å². The van der Waals surface area contributed by atoms with E-state index in [1.165, 1.54) is 0 Å². The highest BCUT2D eigenvalue weighted by Gasteiger charge is 2.36. The van der Waals surface area contributed by atoms with Crippen molar-refractivity contribution in [2.75, 3.05) is 36.5 Å². The number of fused-ring (bicyclic) bond motifs is 1. The fourth-order valence-electron chi connectivity index (χ4n) is 3.98. The summed E-state index contributed by atoms with van der Waals surface area (Å²) in [5.41, 5.74) is 2.42. The number of rotatable bonds is 4. The van der Waals surface area contributed by atoms with Crippen molar-refractivity contribution in [2.45, 2.75) is 25.7 Å². The Morgan fingerprint density at radius 2 is 1.78 bits per heavy atom. The van der Waals surface area contributed by atoms with E-state index in [0.29, 0.717) is 42.8 Å². The molecule has 1 aromatic heterocycles. The molecule has 0 bridgehead atoms. The van der Waals surface area contributed by atoms with Gasteiger partial charge in [-0.25, -0.2) is 4.63 Å². The van der Waals surface area contributed by atoms with E-state index in [-0.39, 0.29) is 5.91 Å². The van der Waals surface area contributed by atoms with Crippen molar-refractivity contribution in [3.63, 3.8) is 0 Å². The van der Waals surface area contributed by atoms with E-state index in [4.69, 9.17) is 9.37 Å². The number of carboxylic acids is 1. The van der Waals surface area contributed by atoms with Crippen LogP contribution in [0.25, 0.3) is 11.0 Å². The van der Waals surface area contributed by atoms with Crippen LogP contribution in [0.3, 0.4) is 0 Å². The monoisotopic (exact) mass is 374 g/mol. The molecular weight excluding hydrogens is 352 g/mol. The van der Waals surface area contributed by atoms with Crippen LogP contribution in [0, 0.1) is 11.8 Å². The molecule has 1 saturated carbocycles. The minimum Gasteiger partial charge on any atom is -0.481 e. The molecule has 2 N–H and O–H groups in total. The molecule has 1 aromatic carbocycles. The molecule has 0 spiro atoms. The summed E-state index contributed by atoms with van der Waals surface area (Å²) in [6, 6.07) is 3.65. The number of aliphatic carboxylic acids is 1. The highest BCUT2D eigenvalue weighted by atomic mass is 16.6. The Labute approximate surface area is 155 Å². The van der Waals surface area contributed by atoms with Crippen LogP contribution in [0.2, 0.25) is 0 Å². The molecule has 1 aliphatic heterocycles. The lowest BCUT2D eigenvalue weighted by molar-refractivity contribution is -0.147. The van der Waals surface area contributed by atoms with Gasteiger partial charge in [0, 0.05) is 13.1 Å². The Hall–Kier alpha value is -2.68. The second kappa shape index (κ2) is 7.51. The van der Waals surface area contributed by atoms with Crippen LogP contribution < -0.4 is 10.2 Å². The number of benzene rings is 1. The van der Waals surface area contributed by atoms with Crippen molar-refractivity contribution in [3.8, 4) is 0 Å². The SMILES string of the molecule is O=C(O)C1CCCCC1C(=O)Nc1ccc(N2CCOCC2)c2nonc12. The van der Waals surface area contributed by atoms with Gasteiger partial charge in [-0.15, -0.1) is 0 Å². The van der Waals surface area contributed by atoms with Crippen molar-refractivity contribution >= 4 is 34.3 Å². The molecular formula is C18H22N4O5. The Morgan fingerprint density at radius 3 is 2.52 bits per heavy atom. The molecule has 1 aliphatic carbocycles. The van der Waals surface area contributed by atoms with Crippen molar-refractivity contribution in [2.24, 2.45) is 11.8 Å². The van der Waals surface area contributed by atoms with E-state index in [0.717, 1.165) is 31.6 Å². The summed E-state index contributed by atoms with van der Waals surface area (Å²) in [7, 11) is 0. The summed E-state index contributed by atoms with van der Waals surface area (Å²) >= 11 is 0. The first-order chi connectivity index (χ1) is 13.1. The molecule has 1 saturated heterocycles. The molecule has 9 heteroatoms. The molecule has 2 unspecified atom stereocenters. The number of morpholine rings is 1. The maximum absolute atomic E-state index is 12.8. The van der Waals surface area contributed by atoms with Crippen LogP contribution in [0.5, 0.6) is 0 Å². The van der Waals surface area contributed by atoms with Gasteiger partial charge < -0.3 is 20.1 Å². The van der Waals surface area contributed by atoms with Crippen LogP contribution >= 0.6 is 0 Å². The summed E-state index contributed by atoms with van der Waals surface area (Å²) in [4.78, 5) is 26.4. The van der Waals surface area contributed by atoms with Gasteiger partial charge in [-0.3, -0.25) is 9.59 Å². The zero-order valence-electron chi connectivity index (χ0n) is 14.9. The van der Waals surface area contributed by atoms with Gasteiger partial charge in [-0.2, -0.15) is 0 Å². The van der Waals surface area contributed by atoms with E-state index >= 15 is 0 Å². The Kier molecular flexibility index (Phi) is 4.93. The molecule has 2 heterocycles. The zero-order chi connectivity index (χ0) is 18.8. The van der Waals surface area contributed by atoms with E-state index in [9.17, 15) is 14.7 Å². The number of nitrogens with one attached hydrogen (secondary N) is 1. The second-order valence-electron chi connectivity index (χ2n) is 7.02. The number of anilines is 2. The number of amides is 1. The summed E-state index contributed by atoms with van der Waals surface area (Å²) in [6.07, 6.45) is 2.81. The first-order valence-corrected chi connectivity index (χ1v) is 9.27. The van der Waals surface area contributed by atoms with E-state index in [1.807, 2.05) is 6.07 Å². The molecule has 2 fully saturated rings. The summed E-state index contributed by atoms with van der Waals surface area (Å²) in [5, 5.41) is 20.2. The first kappa shape index (κ1) is 17.7. The summed E-state index contributed by atoms with van der Waals surface area (Å²) < 4.78 is 10.3. The fourth-order valence-corrected chi connectivity index (χ4v) is 3.98. The molecule has 2 aliphatic rings. The minimum atomic E-state index is -0.911. The zero-order valence-corrected chi connectivity index (χ0v) is 14.9. The largest absolute Gasteiger partial charge is 0.481 e. The average molecular weight is 374 g/mol. The van der Waals surface area contributed by atoms with E-state index in [1.54, 1.807) is 6.07 Å². The number of hydrogen-bond acceptors (Lipinski definition) is 7. The molecule has 2 atom stereocenters. The van der Waals surface area contributed by atoms with Crippen molar-refractivity contribution in [1.29, 1.82) is 0 Å². The predicted molar refractivity (Wildman–Crippen MR) is 96.5 cm³/mol. The van der Waals surface area contributed by atoms with Gasteiger partial charge >= 0.3 is 5.97 Å². The van der Waals surface area contributed by atoms with Gasteiger partial charge in [0.15, 0.2) is 11.0 Å². The highest BCUT2D eigenvalue weighted by Crippen LogP contribution is 2.34. The van der Waals surface area contributed by atoms with Gasteiger partial charge in [0.25, 0.3) is 0 Å². The van der Waals surface area contributed by atoms with E-state index < -0.39 is 17.8 Å². The number of nitrogens with zero attached hydrogens (tertiary/aromatic N) is 3. The maximum Gasteiger partial charge on any atom is 0.307 e. The minimum absolute atomic E-state index is 0.287. The second-order valence-corrected chi connectivity index (χ2v) is 7.02. The quantitative estimate of drug-likeness (QED) is 0.833. The molecule has 27 heavy (non-hydrogen) atoms. The highest BCUT2D eigenvalue weighted by molar-refractivity contribution is 6.04. The average Bonchev–Trinajstić information content (AvgIpc) is 3.19. The van der Waals surface area contributed by atoms with E-state index in [2.05, 4.69) is 20.5 Å². The maximum atomic E-state index is 12.8. The molecule has 2 aromatic rings. The van der Waals surface area contributed by atoms with Crippen LogP contribution in [0.15, 0.2) is 16.8 Å². The number of aromatic nitrogens is 2. The summed E-state index contributed by atoms with van der Waals surface area (Å²) in [5.74, 6) is -2.38. The number of hydrogen-bond donors (Lipinski definition) is 2. The molecule has 9 nitrogen and oxygen atoms in total.